The summed E-state index contributed by atoms with van der Waals surface area (Å²) in [7, 11) is 1.58. The standard InChI is InChI=1S/C22H20N2O5S/c1-29-21-14(18-9-11-8-12(23-28)2-7-17(11)30-18)5-6-15-19(21)24(13-3-4-13)10-16(20(15)25)22(26)27/h5-6,9-10,13,28H,2-4,7-8H2,1H3,(H,26,27)/b23-12-. The van der Waals surface area contributed by atoms with Gasteiger partial charge in [-0.2, -0.15) is 0 Å². The fraction of sp³-hybridized carbons (Fsp3) is 0.318. The maximum absolute atomic E-state index is 12.8. The SMILES string of the molecule is COc1c(-c2cc3c(s2)CC/C(=N/O)C3)ccc2c(=O)c(C(=O)O)cn(C3CC3)c12. The first-order valence-corrected chi connectivity index (χ1v) is 10.6. The quantitative estimate of drug-likeness (QED) is 0.485. The molecule has 1 saturated carbocycles. The first-order valence-electron chi connectivity index (χ1n) is 9.82. The van der Waals surface area contributed by atoms with Crippen LogP contribution in [0.25, 0.3) is 21.3 Å². The number of rotatable bonds is 4. The molecule has 0 radical (unpaired) electrons. The van der Waals surface area contributed by atoms with E-state index in [-0.39, 0.29) is 11.6 Å². The second kappa shape index (κ2) is 6.98. The number of ether oxygens (including phenoxy) is 1. The first kappa shape index (κ1) is 18.9. The van der Waals surface area contributed by atoms with E-state index in [0.29, 0.717) is 23.1 Å². The highest BCUT2D eigenvalue weighted by Crippen LogP contribution is 2.45. The average Bonchev–Trinajstić information content (AvgIpc) is 3.50. The van der Waals surface area contributed by atoms with Gasteiger partial charge in [0.25, 0.3) is 0 Å². The summed E-state index contributed by atoms with van der Waals surface area (Å²) < 4.78 is 7.69. The molecule has 0 unspecified atom stereocenters. The average molecular weight is 424 g/mol. The van der Waals surface area contributed by atoms with Crippen molar-refractivity contribution >= 4 is 33.9 Å². The Morgan fingerprint density at radius 3 is 2.77 bits per heavy atom. The van der Waals surface area contributed by atoms with Crippen molar-refractivity contribution in [2.24, 2.45) is 5.16 Å². The molecule has 2 aliphatic carbocycles. The Bertz CT molecular complexity index is 1280. The molecule has 2 N–H and O–H groups in total. The minimum absolute atomic E-state index is 0.176. The lowest BCUT2D eigenvalue weighted by atomic mass is 9.96. The molecule has 3 aromatic rings. The highest BCUT2D eigenvalue weighted by atomic mass is 32.1. The van der Waals surface area contributed by atoms with Gasteiger partial charge in [-0.05, 0) is 49.4 Å². The number of hydrogen-bond acceptors (Lipinski definition) is 6. The number of aromatic nitrogens is 1. The zero-order chi connectivity index (χ0) is 21.0. The predicted octanol–water partition coefficient (Wildman–Crippen LogP) is 4.09. The largest absolute Gasteiger partial charge is 0.494 e. The first-order chi connectivity index (χ1) is 14.5. The molecule has 0 saturated heterocycles. The number of carboxylic acid groups (broad SMARTS) is 1. The number of carboxylic acids is 1. The number of nitrogens with zero attached hydrogens (tertiary/aromatic N) is 2. The van der Waals surface area contributed by atoms with Gasteiger partial charge in [-0.15, -0.1) is 11.3 Å². The summed E-state index contributed by atoms with van der Waals surface area (Å²) in [6, 6.07) is 5.82. The molecule has 0 bridgehead atoms. The number of fused-ring (bicyclic) bond motifs is 2. The number of aromatic carboxylic acids is 1. The molecule has 0 spiro atoms. The summed E-state index contributed by atoms with van der Waals surface area (Å²) in [4.78, 5) is 26.7. The number of aryl methyl sites for hydroxylation is 1. The van der Waals surface area contributed by atoms with E-state index in [1.54, 1.807) is 24.5 Å². The topological polar surface area (TPSA) is 101 Å². The van der Waals surface area contributed by atoms with Gasteiger partial charge < -0.3 is 19.6 Å². The molecule has 0 amide bonds. The summed E-state index contributed by atoms with van der Waals surface area (Å²) in [5.74, 6) is -0.630. The van der Waals surface area contributed by atoms with Gasteiger partial charge in [0.15, 0.2) is 5.75 Å². The number of oxime groups is 1. The summed E-state index contributed by atoms with van der Waals surface area (Å²) in [5, 5.41) is 22.3. The number of pyridine rings is 1. The zero-order valence-electron chi connectivity index (χ0n) is 16.3. The molecule has 0 atom stereocenters. The van der Waals surface area contributed by atoms with Crippen molar-refractivity contribution in [1.29, 1.82) is 0 Å². The van der Waals surface area contributed by atoms with Crippen LogP contribution in [0.1, 0.15) is 46.1 Å². The number of hydrogen-bond donors (Lipinski definition) is 2. The smallest absolute Gasteiger partial charge is 0.341 e. The van der Waals surface area contributed by atoms with Gasteiger partial charge in [-0.1, -0.05) is 5.16 Å². The summed E-state index contributed by atoms with van der Waals surface area (Å²) in [5.41, 5.74) is 2.75. The minimum atomic E-state index is -1.22. The van der Waals surface area contributed by atoms with Gasteiger partial charge in [-0.25, -0.2) is 4.79 Å². The van der Waals surface area contributed by atoms with Crippen LogP contribution >= 0.6 is 11.3 Å². The summed E-state index contributed by atoms with van der Waals surface area (Å²) in [6.07, 6.45) is 5.57. The monoisotopic (exact) mass is 424 g/mol. The molecule has 154 valence electrons. The molecule has 5 rings (SSSR count). The summed E-state index contributed by atoms with van der Waals surface area (Å²) in [6.45, 7) is 0. The lowest BCUT2D eigenvalue weighted by Crippen LogP contribution is -2.19. The van der Waals surface area contributed by atoms with Crippen LogP contribution in [-0.2, 0) is 12.8 Å². The van der Waals surface area contributed by atoms with E-state index < -0.39 is 11.4 Å². The van der Waals surface area contributed by atoms with Gasteiger partial charge in [-0.3, -0.25) is 4.79 Å². The van der Waals surface area contributed by atoms with E-state index in [1.165, 1.54) is 11.1 Å². The van der Waals surface area contributed by atoms with E-state index >= 15 is 0 Å². The fourth-order valence-electron chi connectivity index (χ4n) is 4.22. The van der Waals surface area contributed by atoms with Crippen molar-refractivity contribution in [2.75, 3.05) is 7.11 Å². The van der Waals surface area contributed by atoms with Crippen LogP contribution in [0.3, 0.4) is 0 Å². The molecular weight excluding hydrogens is 404 g/mol. The Labute approximate surface area is 175 Å². The third-order valence-corrected chi connectivity index (χ3v) is 7.13. The maximum Gasteiger partial charge on any atom is 0.341 e. The molecule has 2 aromatic heterocycles. The van der Waals surface area contributed by atoms with Gasteiger partial charge >= 0.3 is 5.97 Å². The molecule has 1 fully saturated rings. The van der Waals surface area contributed by atoms with E-state index in [2.05, 4.69) is 11.2 Å². The highest BCUT2D eigenvalue weighted by molar-refractivity contribution is 7.15. The Kier molecular flexibility index (Phi) is 4.39. The number of carbonyl (C=O) groups is 1. The Morgan fingerprint density at radius 2 is 2.10 bits per heavy atom. The normalized spacial score (nSPS) is 17.3. The number of methoxy groups -OCH3 is 1. The number of thiophene rings is 1. The van der Waals surface area contributed by atoms with E-state index in [4.69, 9.17) is 9.94 Å². The fourth-order valence-corrected chi connectivity index (χ4v) is 5.43. The second-order valence-corrected chi connectivity index (χ2v) is 8.90. The van der Waals surface area contributed by atoms with Gasteiger partial charge in [0.1, 0.15) is 5.56 Å². The number of benzene rings is 1. The zero-order valence-corrected chi connectivity index (χ0v) is 17.2. The minimum Gasteiger partial charge on any atom is -0.494 e. The van der Waals surface area contributed by atoms with Crippen LogP contribution in [0, 0.1) is 0 Å². The molecule has 0 aliphatic heterocycles. The predicted molar refractivity (Wildman–Crippen MR) is 115 cm³/mol. The van der Waals surface area contributed by atoms with E-state index in [9.17, 15) is 14.7 Å². The van der Waals surface area contributed by atoms with Crippen LogP contribution in [-0.4, -0.2) is 33.7 Å². The van der Waals surface area contributed by atoms with Crippen LogP contribution in [0.4, 0.5) is 0 Å². The van der Waals surface area contributed by atoms with Gasteiger partial charge in [0.2, 0.25) is 5.43 Å². The Balaban J connectivity index is 1.75. The van der Waals surface area contributed by atoms with Crippen molar-refractivity contribution in [1.82, 2.24) is 4.57 Å². The lowest BCUT2D eigenvalue weighted by Gasteiger charge is -2.17. The molecule has 1 aromatic carbocycles. The Morgan fingerprint density at radius 1 is 1.30 bits per heavy atom. The maximum atomic E-state index is 12.8. The van der Waals surface area contributed by atoms with Gasteiger partial charge in [0.05, 0.1) is 23.7 Å². The molecular formula is C22H20N2O5S. The van der Waals surface area contributed by atoms with E-state index in [1.807, 2.05) is 10.6 Å². The van der Waals surface area contributed by atoms with Crippen molar-refractivity contribution in [3.63, 3.8) is 0 Å². The molecule has 2 heterocycles. The van der Waals surface area contributed by atoms with Crippen molar-refractivity contribution in [2.45, 2.75) is 38.1 Å². The van der Waals surface area contributed by atoms with Crippen LogP contribution < -0.4 is 10.2 Å². The molecule has 7 nitrogen and oxygen atoms in total. The summed E-state index contributed by atoms with van der Waals surface area (Å²) >= 11 is 1.68. The van der Waals surface area contributed by atoms with Crippen molar-refractivity contribution in [3.8, 4) is 16.2 Å². The van der Waals surface area contributed by atoms with Crippen LogP contribution in [0.15, 0.2) is 34.3 Å². The molecule has 8 heteroatoms. The molecule has 2 aliphatic rings. The third kappa shape index (κ3) is 2.90. The second-order valence-electron chi connectivity index (χ2n) is 7.76. The van der Waals surface area contributed by atoms with Crippen molar-refractivity contribution < 1.29 is 19.8 Å². The molecule has 30 heavy (non-hydrogen) atoms. The van der Waals surface area contributed by atoms with E-state index in [0.717, 1.165) is 47.4 Å². The Hall–Kier alpha value is -3.13. The van der Waals surface area contributed by atoms with Crippen molar-refractivity contribution in [3.05, 3.63) is 50.6 Å². The third-order valence-electron chi connectivity index (χ3n) is 5.86. The highest BCUT2D eigenvalue weighted by Gasteiger charge is 2.29. The van der Waals surface area contributed by atoms with Crippen LogP contribution in [0.2, 0.25) is 0 Å². The van der Waals surface area contributed by atoms with Crippen LogP contribution in [0.5, 0.6) is 5.75 Å². The van der Waals surface area contributed by atoms with Gasteiger partial charge in [0, 0.05) is 34.0 Å². The lowest BCUT2D eigenvalue weighted by molar-refractivity contribution is 0.0695.